The Hall–Kier alpha value is -6.90. The van der Waals surface area contributed by atoms with Gasteiger partial charge in [0.25, 0.3) is 5.91 Å². The molecule has 0 atom stereocenters. The Morgan fingerprint density at radius 1 is 0.720 bits per heavy atom. The molecule has 4 aromatic rings. The number of amides is 3. The predicted octanol–water partition coefficient (Wildman–Crippen LogP) is 3.14. The molecule has 26 heteroatoms. The lowest BCUT2D eigenvalue weighted by Gasteiger charge is -2.41. The Morgan fingerprint density at radius 3 is 1.87 bits per heavy atom. The van der Waals surface area contributed by atoms with E-state index < -0.39 is 23.4 Å². The molecule has 0 unspecified atom stereocenters. The number of hydrogen-bond donors (Lipinski definition) is 4. The number of carbonyl (C=O) groups excluding carboxylic acids is 3. The van der Waals surface area contributed by atoms with E-state index in [1.54, 1.807) is 54.5 Å². The molecule has 3 amide bonds. The fourth-order valence-corrected chi connectivity index (χ4v) is 11.0. The Balaban J connectivity index is 0.853. The van der Waals surface area contributed by atoms with Crippen LogP contribution in [-0.4, -0.2) is 258 Å². The quantitative estimate of drug-likeness (QED) is 0.0597. The predicted molar refractivity (Wildman–Crippen MR) is 304 cm³/mol. The van der Waals surface area contributed by atoms with Crippen LogP contribution >= 0.6 is 23.2 Å². The highest BCUT2D eigenvalue weighted by Crippen LogP contribution is 2.47. The second-order valence-electron chi connectivity index (χ2n) is 21.3. The lowest BCUT2D eigenvalue weighted by atomic mass is 9.94. The highest BCUT2D eigenvalue weighted by atomic mass is 35.5. The molecule has 0 radical (unpaired) electrons. The normalized spacial score (nSPS) is 18.0. The van der Waals surface area contributed by atoms with Crippen molar-refractivity contribution in [3.05, 3.63) is 81.5 Å². The first-order valence-corrected chi connectivity index (χ1v) is 27.9. The number of nitrogens with zero attached hydrogens (tertiary/aromatic N) is 10. The lowest BCUT2D eigenvalue weighted by molar-refractivity contribution is -0.141. The molecule has 4 aliphatic rings. The van der Waals surface area contributed by atoms with Gasteiger partial charge in [0.2, 0.25) is 11.8 Å². The molecular weight excluding hydrogens is 1110 g/mol. The highest BCUT2D eigenvalue weighted by molar-refractivity contribution is 6.34. The van der Waals surface area contributed by atoms with Crippen LogP contribution in [-0.2, 0) is 40.2 Å². The number of aliphatic carboxylic acids is 3. The number of aromatic nitrogens is 2. The average molecular weight is 1180 g/mol. The summed E-state index contributed by atoms with van der Waals surface area (Å²) in [6.45, 7) is 10.8. The SMILES string of the molecule is COc1cc2c(cc1-c1cccc(/C(C)=N/OCCNC(=O)CN3CCN(C(=O)CN4CCN(CC(=O)O)CCN(CC(=O)O)CCN(CC(=O)O)CC4)CC3)c1)-c1c(c(C(=O)N3CCOCC3(C)C)nn1-c1cc(Cl)cc(Cl)c1)CO2. The van der Waals surface area contributed by atoms with Gasteiger partial charge in [0.05, 0.1) is 82.2 Å². The van der Waals surface area contributed by atoms with Gasteiger partial charge in [0.1, 0.15) is 24.7 Å². The first kappa shape index (κ1) is 61.2. The monoisotopic (exact) mass is 1180 g/mol. The molecule has 0 aliphatic carbocycles. The summed E-state index contributed by atoms with van der Waals surface area (Å²) in [6.07, 6.45) is 0. The molecule has 4 N–H and O–H groups in total. The molecule has 1 aromatic heterocycles. The number of carbonyl (C=O) groups is 6. The van der Waals surface area contributed by atoms with Crippen molar-refractivity contribution in [3.8, 4) is 39.6 Å². The number of fused-ring (bicyclic) bond motifs is 3. The molecule has 0 spiro atoms. The van der Waals surface area contributed by atoms with Crippen LogP contribution in [0.2, 0.25) is 10.0 Å². The summed E-state index contributed by atoms with van der Waals surface area (Å²) in [5.41, 5.74) is 5.07. The topological polar surface area (TPSA) is 265 Å². The van der Waals surface area contributed by atoms with E-state index in [2.05, 4.69) is 10.5 Å². The third kappa shape index (κ3) is 16.0. The molecule has 0 saturated carbocycles. The molecule has 24 nitrogen and oxygen atoms in total. The number of benzene rings is 3. The van der Waals surface area contributed by atoms with Crippen molar-refractivity contribution in [2.75, 3.05) is 151 Å². The van der Waals surface area contributed by atoms with Crippen molar-refractivity contribution in [1.82, 2.24) is 49.4 Å². The van der Waals surface area contributed by atoms with Crippen LogP contribution in [0.1, 0.15) is 42.4 Å². The van der Waals surface area contributed by atoms with Gasteiger partial charge < -0.3 is 49.5 Å². The molecule has 5 heterocycles. The summed E-state index contributed by atoms with van der Waals surface area (Å²) >= 11 is 13.1. The molecule has 3 aromatic carbocycles. The Kier molecular flexibility index (Phi) is 20.8. The molecule has 0 bridgehead atoms. The summed E-state index contributed by atoms with van der Waals surface area (Å²) in [7, 11) is 1.59. The first-order valence-electron chi connectivity index (χ1n) is 27.2. The van der Waals surface area contributed by atoms with Crippen LogP contribution in [0.5, 0.6) is 11.5 Å². The van der Waals surface area contributed by atoms with Crippen LogP contribution in [0, 0.1) is 0 Å². The third-order valence-corrected chi connectivity index (χ3v) is 15.3. The maximum absolute atomic E-state index is 14.4. The first-order chi connectivity index (χ1) is 39.2. The molecule has 8 rings (SSSR count). The van der Waals surface area contributed by atoms with Gasteiger partial charge in [-0.2, -0.15) is 5.10 Å². The van der Waals surface area contributed by atoms with Gasteiger partial charge in [-0.3, -0.25) is 53.3 Å². The molecule has 3 fully saturated rings. The smallest absolute Gasteiger partial charge is 0.317 e. The van der Waals surface area contributed by atoms with E-state index in [0.29, 0.717) is 122 Å². The number of hydrogen-bond acceptors (Lipinski definition) is 17. The van der Waals surface area contributed by atoms with Gasteiger partial charge in [-0.1, -0.05) is 46.6 Å². The molecule has 4 aliphatic heterocycles. The summed E-state index contributed by atoms with van der Waals surface area (Å²) in [5.74, 6) is -2.58. The van der Waals surface area contributed by atoms with Crippen LogP contribution in [0.4, 0.5) is 0 Å². The number of rotatable bonds is 19. The number of nitrogens with one attached hydrogen (secondary N) is 1. The minimum Gasteiger partial charge on any atom is -0.496 e. The molecular formula is C56H71Cl2N11O13. The van der Waals surface area contributed by atoms with E-state index in [0.717, 1.165) is 16.7 Å². The summed E-state index contributed by atoms with van der Waals surface area (Å²) in [6, 6.07) is 16.6. The number of oxime groups is 1. The van der Waals surface area contributed by atoms with Gasteiger partial charge in [-0.15, -0.1) is 0 Å². The highest BCUT2D eigenvalue weighted by Gasteiger charge is 2.40. The van der Waals surface area contributed by atoms with Crippen LogP contribution < -0.4 is 14.8 Å². The van der Waals surface area contributed by atoms with E-state index in [4.69, 9.17) is 47.3 Å². The fourth-order valence-electron chi connectivity index (χ4n) is 10.5. The minimum absolute atomic E-state index is 0.0401. The zero-order valence-electron chi connectivity index (χ0n) is 46.6. The maximum Gasteiger partial charge on any atom is 0.317 e. The van der Waals surface area contributed by atoms with Crippen LogP contribution in [0.3, 0.4) is 0 Å². The Morgan fingerprint density at radius 2 is 1.29 bits per heavy atom. The lowest BCUT2D eigenvalue weighted by Crippen LogP contribution is -2.55. The second-order valence-corrected chi connectivity index (χ2v) is 22.1. The Labute approximate surface area is 485 Å². The number of methoxy groups -OCH3 is 1. The van der Waals surface area contributed by atoms with Gasteiger partial charge in [0.15, 0.2) is 5.69 Å². The van der Waals surface area contributed by atoms with E-state index >= 15 is 0 Å². The van der Waals surface area contributed by atoms with Gasteiger partial charge in [0, 0.05) is 118 Å². The summed E-state index contributed by atoms with van der Waals surface area (Å²) in [5, 5.41) is 41.6. The number of carboxylic acid groups (broad SMARTS) is 3. The minimum atomic E-state index is -1.03. The number of carboxylic acids is 3. The van der Waals surface area contributed by atoms with Crippen molar-refractivity contribution in [2.45, 2.75) is 32.9 Å². The molecule has 3 saturated heterocycles. The van der Waals surface area contributed by atoms with E-state index in [-0.39, 0.29) is 102 Å². The number of halogens is 2. The zero-order valence-corrected chi connectivity index (χ0v) is 48.1. The van der Waals surface area contributed by atoms with E-state index in [1.165, 1.54) is 0 Å². The second kappa shape index (κ2) is 27.9. The van der Waals surface area contributed by atoms with Gasteiger partial charge >= 0.3 is 17.9 Å². The van der Waals surface area contributed by atoms with E-state index in [9.17, 15) is 44.1 Å². The standard InChI is InChI=1S/C56H71Cl2N11O13/c1-37(61-82-22-8-59-48(70)30-62-17-19-67(20-18-62)49(71)31-63-9-11-64(32-50(72)73)13-15-66(34-52(76)77)16-14-65(12-10-63)33-51(74)75)38-6-5-7-39(24-38)43-28-44-47(29-46(43)79-4)81-35-45-53(55(78)68-21-23-80-36-56(68,2)3)60-69(54(44)45)42-26-40(57)25-41(58)27-42/h5-7,24-29H,8-23,30-36H2,1-4H3,(H,59,70)(H,72,73)(H,74,75)(H,76,77)/b61-37+. The number of ether oxygens (including phenoxy) is 3. The van der Waals surface area contributed by atoms with Crippen molar-refractivity contribution in [3.63, 3.8) is 0 Å². The van der Waals surface area contributed by atoms with Crippen LogP contribution in [0.25, 0.3) is 28.1 Å². The van der Waals surface area contributed by atoms with Crippen molar-refractivity contribution < 1.29 is 63.1 Å². The molecule has 442 valence electrons. The van der Waals surface area contributed by atoms with Gasteiger partial charge in [-0.05, 0) is 62.2 Å². The van der Waals surface area contributed by atoms with E-state index in [1.807, 2.05) is 67.0 Å². The average Bonchev–Trinajstić information content (AvgIpc) is 2.32. The van der Waals surface area contributed by atoms with Gasteiger partial charge in [-0.25, -0.2) is 4.68 Å². The maximum atomic E-state index is 14.4. The summed E-state index contributed by atoms with van der Waals surface area (Å²) < 4.78 is 19.7. The van der Waals surface area contributed by atoms with Crippen molar-refractivity contribution >= 4 is 64.5 Å². The van der Waals surface area contributed by atoms with Crippen molar-refractivity contribution in [2.24, 2.45) is 5.16 Å². The Bertz CT molecular complexity index is 2970. The van der Waals surface area contributed by atoms with Crippen LogP contribution in [0.15, 0.2) is 59.8 Å². The molecule has 82 heavy (non-hydrogen) atoms. The fraction of sp³-hybridized carbons (Fsp3) is 0.500. The van der Waals surface area contributed by atoms with Crippen molar-refractivity contribution in [1.29, 1.82) is 0 Å². The largest absolute Gasteiger partial charge is 0.496 e. The summed E-state index contributed by atoms with van der Waals surface area (Å²) in [4.78, 5) is 94.2. The third-order valence-electron chi connectivity index (χ3n) is 14.9. The zero-order chi connectivity index (χ0) is 58.7. The number of morpholine rings is 1. The number of piperazine rings is 1.